The van der Waals surface area contributed by atoms with Gasteiger partial charge in [-0.3, -0.25) is 10.1 Å². The van der Waals surface area contributed by atoms with Gasteiger partial charge in [-0.25, -0.2) is 0 Å². The van der Waals surface area contributed by atoms with Crippen molar-refractivity contribution >= 4 is 12.3 Å². The molecule has 0 saturated heterocycles. The van der Waals surface area contributed by atoms with Gasteiger partial charge in [0, 0.05) is 18.5 Å². The first-order chi connectivity index (χ1) is 8.54. The summed E-state index contributed by atoms with van der Waals surface area (Å²) in [7, 11) is 1.28. The lowest BCUT2D eigenvalue weighted by atomic mass is 10.1. The van der Waals surface area contributed by atoms with Crippen LogP contribution in [0.4, 0.5) is 0 Å². The van der Waals surface area contributed by atoms with E-state index in [2.05, 4.69) is 21.9 Å². The Morgan fingerprint density at radius 2 is 2.17 bits per heavy atom. The fraction of sp³-hybridized carbons (Fsp3) is 0.667. The average molecular weight is 258 g/mol. The summed E-state index contributed by atoms with van der Waals surface area (Å²) in [6, 6.07) is -0.311. The van der Waals surface area contributed by atoms with Crippen molar-refractivity contribution in [3.05, 3.63) is 12.7 Å². The van der Waals surface area contributed by atoms with Gasteiger partial charge in [0.15, 0.2) is 0 Å². The lowest BCUT2D eigenvalue weighted by Crippen LogP contribution is -2.50. The zero-order chi connectivity index (χ0) is 14.0. The second kappa shape index (κ2) is 9.76. The Labute approximate surface area is 107 Å². The molecular formula is C12H22N2O4. The highest BCUT2D eigenvalue weighted by Crippen LogP contribution is 1.99. The number of esters is 1. The molecule has 0 amide bonds. The van der Waals surface area contributed by atoms with Gasteiger partial charge in [-0.15, -0.1) is 6.58 Å². The van der Waals surface area contributed by atoms with Crippen molar-refractivity contribution in [3.8, 4) is 0 Å². The molecule has 0 rings (SSSR count). The molecule has 0 aromatic carbocycles. The number of carbonyl (C=O) groups is 2. The Morgan fingerprint density at radius 1 is 1.50 bits per heavy atom. The van der Waals surface area contributed by atoms with Crippen LogP contribution in [0.2, 0.25) is 0 Å². The molecule has 0 aliphatic rings. The number of ether oxygens (including phenoxy) is 1. The molecular weight excluding hydrogens is 236 g/mol. The van der Waals surface area contributed by atoms with Gasteiger partial charge in [0.25, 0.3) is 0 Å². The molecule has 0 saturated carbocycles. The van der Waals surface area contributed by atoms with Crippen LogP contribution in [-0.4, -0.2) is 49.8 Å². The molecule has 18 heavy (non-hydrogen) atoms. The smallest absolute Gasteiger partial charge is 0.319 e. The molecule has 0 radical (unpaired) electrons. The molecule has 0 aromatic rings. The summed E-state index contributed by atoms with van der Waals surface area (Å²) in [5.41, 5.74) is 0. The maximum absolute atomic E-state index is 10.9. The summed E-state index contributed by atoms with van der Waals surface area (Å²) < 4.78 is 4.46. The summed E-state index contributed by atoms with van der Waals surface area (Å²) in [6.07, 6.45) is 2.10. The molecule has 0 heterocycles. The van der Waals surface area contributed by atoms with Gasteiger partial charge in [-0.1, -0.05) is 13.0 Å². The number of aliphatic hydroxyl groups is 1. The Balaban J connectivity index is 4.16. The quantitative estimate of drug-likeness (QED) is 0.211. The molecule has 6 nitrogen and oxygen atoms in total. The van der Waals surface area contributed by atoms with Crippen LogP contribution in [0.25, 0.3) is 0 Å². The first kappa shape index (κ1) is 16.8. The van der Waals surface area contributed by atoms with Gasteiger partial charge >= 0.3 is 5.97 Å². The summed E-state index contributed by atoms with van der Waals surface area (Å²) >= 11 is 0. The van der Waals surface area contributed by atoms with Gasteiger partial charge in [0.2, 0.25) is 0 Å². The van der Waals surface area contributed by atoms with E-state index in [0.29, 0.717) is 13.0 Å². The molecule has 0 aromatic heterocycles. The van der Waals surface area contributed by atoms with E-state index < -0.39 is 12.2 Å². The zero-order valence-electron chi connectivity index (χ0n) is 10.9. The summed E-state index contributed by atoms with van der Waals surface area (Å²) in [4.78, 5) is 21.4. The van der Waals surface area contributed by atoms with Crippen LogP contribution in [0.3, 0.4) is 0 Å². The summed E-state index contributed by atoms with van der Waals surface area (Å²) in [5, 5.41) is 15.5. The lowest BCUT2D eigenvalue weighted by Gasteiger charge is -2.24. The number of carbonyl (C=O) groups excluding carboxylic acids is 2. The first-order valence-corrected chi connectivity index (χ1v) is 5.83. The molecule has 0 aliphatic carbocycles. The van der Waals surface area contributed by atoms with Gasteiger partial charge < -0.3 is 20.0 Å². The van der Waals surface area contributed by atoms with E-state index in [1.54, 1.807) is 13.0 Å². The summed E-state index contributed by atoms with van der Waals surface area (Å²) in [6.45, 7) is 5.76. The van der Waals surface area contributed by atoms with E-state index in [-0.39, 0.29) is 18.5 Å². The zero-order valence-corrected chi connectivity index (χ0v) is 10.9. The number of aldehydes is 1. The van der Waals surface area contributed by atoms with Crippen molar-refractivity contribution in [3.63, 3.8) is 0 Å². The largest absolute Gasteiger partial charge is 0.468 e. The number of methoxy groups -OCH3 is 1. The lowest BCUT2D eigenvalue weighted by molar-refractivity contribution is -0.140. The van der Waals surface area contributed by atoms with Crippen molar-refractivity contribution in [1.29, 1.82) is 0 Å². The second-order valence-corrected chi connectivity index (χ2v) is 4.05. The fourth-order valence-electron chi connectivity index (χ4n) is 1.29. The minimum atomic E-state index is -0.916. The predicted molar refractivity (Wildman–Crippen MR) is 67.9 cm³/mol. The predicted octanol–water partition coefficient (Wildman–Crippen LogP) is -0.563. The highest BCUT2D eigenvalue weighted by atomic mass is 16.5. The van der Waals surface area contributed by atoms with E-state index in [1.165, 1.54) is 7.11 Å². The first-order valence-electron chi connectivity index (χ1n) is 5.83. The maximum atomic E-state index is 10.9. The average Bonchev–Trinajstić information content (AvgIpc) is 2.39. The third-order valence-corrected chi connectivity index (χ3v) is 2.42. The molecule has 0 aliphatic heterocycles. The van der Waals surface area contributed by atoms with Gasteiger partial charge in [0.1, 0.15) is 12.5 Å². The molecule has 3 N–H and O–H groups in total. The Morgan fingerprint density at radius 3 is 2.67 bits per heavy atom. The molecule has 104 valence electrons. The highest BCUT2D eigenvalue weighted by Gasteiger charge is 2.18. The molecule has 3 unspecified atom stereocenters. The minimum Gasteiger partial charge on any atom is -0.468 e. The SMILES string of the molecule is C=CCC(NCC(C)C=O)C(O)NCC(=O)OC. The van der Waals surface area contributed by atoms with Crippen molar-refractivity contribution in [2.75, 3.05) is 20.2 Å². The van der Waals surface area contributed by atoms with E-state index in [1.807, 2.05) is 0 Å². The molecule has 6 heteroatoms. The van der Waals surface area contributed by atoms with Crippen LogP contribution >= 0.6 is 0 Å². The summed E-state index contributed by atoms with van der Waals surface area (Å²) in [5.74, 6) is -0.585. The molecule has 0 fully saturated rings. The maximum Gasteiger partial charge on any atom is 0.319 e. The Bertz CT molecular complexity index is 271. The van der Waals surface area contributed by atoms with Crippen LogP contribution in [0.5, 0.6) is 0 Å². The van der Waals surface area contributed by atoms with Crippen LogP contribution in [0.1, 0.15) is 13.3 Å². The highest BCUT2D eigenvalue weighted by molar-refractivity contribution is 5.71. The minimum absolute atomic E-state index is 0.0732. The third kappa shape index (κ3) is 7.16. The van der Waals surface area contributed by atoms with E-state index in [4.69, 9.17) is 0 Å². The number of rotatable bonds is 10. The van der Waals surface area contributed by atoms with Gasteiger partial charge in [-0.2, -0.15) is 0 Å². The normalized spacial score (nSPS) is 15.5. The third-order valence-electron chi connectivity index (χ3n) is 2.42. The number of hydrogen-bond donors (Lipinski definition) is 3. The van der Waals surface area contributed by atoms with Crippen molar-refractivity contribution in [1.82, 2.24) is 10.6 Å². The van der Waals surface area contributed by atoms with Crippen molar-refractivity contribution in [2.24, 2.45) is 5.92 Å². The standard InChI is InChI=1S/C12H22N2O4/c1-4-5-10(13-6-9(2)8-15)12(17)14-7-11(16)18-3/h4,8-10,12-14,17H,1,5-7H2,2-3H3. The van der Waals surface area contributed by atoms with Crippen molar-refractivity contribution < 1.29 is 19.4 Å². The van der Waals surface area contributed by atoms with Crippen LogP contribution in [0, 0.1) is 5.92 Å². The molecule has 0 spiro atoms. The van der Waals surface area contributed by atoms with Crippen LogP contribution in [-0.2, 0) is 14.3 Å². The molecule has 3 atom stereocenters. The number of hydrogen-bond acceptors (Lipinski definition) is 6. The van der Waals surface area contributed by atoms with Gasteiger partial charge in [0.05, 0.1) is 13.7 Å². The van der Waals surface area contributed by atoms with Gasteiger partial charge in [-0.05, 0) is 6.42 Å². The van der Waals surface area contributed by atoms with E-state index in [0.717, 1.165) is 6.29 Å². The van der Waals surface area contributed by atoms with Crippen LogP contribution < -0.4 is 10.6 Å². The number of nitrogens with one attached hydrogen (secondary N) is 2. The second-order valence-electron chi connectivity index (χ2n) is 4.05. The van der Waals surface area contributed by atoms with Crippen molar-refractivity contribution in [2.45, 2.75) is 25.6 Å². The van der Waals surface area contributed by atoms with E-state index >= 15 is 0 Å². The van der Waals surface area contributed by atoms with Crippen LogP contribution in [0.15, 0.2) is 12.7 Å². The monoisotopic (exact) mass is 258 g/mol. The number of aliphatic hydroxyl groups excluding tert-OH is 1. The topological polar surface area (TPSA) is 87.7 Å². The Kier molecular flexibility index (Phi) is 9.08. The molecule has 0 bridgehead atoms. The fourth-order valence-corrected chi connectivity index (χ4v) is 1.29. The van der Waals surface area contributed by atoms with E-state index in [9.17, 15) is 14.7 Å². The Hall–Kier alpha value is -1.24.